The van der Waals surface area contributed by atoms with Gasteiger partial charge in [0.05, 0.1) is 0 Å². The van der Waals surface area contributed by atoms with Crippen LogP contribution in [-0.2, 0) is 12.8 Å². The van der Waals surface area contributed by atoms with E-state index in [-0.39, 0.29) is 0 Å². The Morgan fingerprint density at radius 2 is 1.45 bits per heavy atom. The van der Waals surface area contributed by atoms with Crippen LogP contribution in [0.4, 0.5) is 5.69 Å². The van der Waals surface area contributed by atoms with Gasteiger partial charge < -0.3 is 10.6 Å². The normalized spacial score (nSPS) is 14.5. The van der Waals surface area contributed by atoms with Gasteiger partial charge in [-0.1, -0.05) is 48.6 Å². The summed E-state index contributed by atoms with van der Waals surface area (Å²) in [7, 11) is 0. The molecule has 2 aromatic rings. The second-order valence-electron chi connectivity index (χ2n) is 5.14. The van der Waals surface area contributed by atoms with Crippen molar-refractivity contribution in [2.24, 2.45) is 5.73 Å². The van der Waals surface area contributed by atoms with Crippen molar-refractivity contribution in [2.75, 3.05) is 18.0 Å². The van der Waals surface area contributed by atoms with E-state index < -0.39 is 0 Å². The molecule has 0 spiro atoms. The van der Waals surface area contributed by atoms with E-state index in [2.05, 4.69) is 41.3 Å². The second-order valence-corrected chi connectivity index (χ2v) is 5.58. The first-order chi connectivity index (χ1) is 9.75. The maximum absolute atomic E-state index is 5.85. The molecule has 0 aromatic heterocycles. The fraction of sp³-hybridized carbons (Fsp3) is 0.235. The number of hydrogen-bond acceptors (Lipinski definition) is 2. The van der Waals surface area contributed by atoms with Crippen LogP contribution in [0.2, 0.25) is 0 Å². The molecule has 0 saturated carbocycles. The van der Waals surface area contributed by atoms with Gasteiger partial charge in [-0.25, -0.2) is 0 Å². The molecule has 20 heavy (non-hydrogen) atoms. The summed E-state index contributed by atoms with van der Waals surface area (Å²) in [5, 5.41) is 0. The van der Waals surface area contributed by atoms with Crippen LogP contribution in [-0.4, -0.2) is 18.1 Å². The minimum atomic E-state index is 0.474. The van der Waals surface area contributed by atoms with Gasteiger partial charge in [-0.3, -0.25) is 0 Å². The van der Waals surface area contributed by atoms with Crippen molar-refractivity contribution >= 4 is 22.9 Å². The van der Waals surface area contributed by atoms with Crippen molar-refractivity contribution in [3.63, 3.8) is 0 Å². The number of para-hydroxylation sites is 1. The quantitative estimate of drug-likeness (QED) is 0.859. The van der Waals surface area contributed by atoms with Gasteiger partial charge in [-0.05, 0) is 36.1 Å². The van der Waals surface area contributed by atoms with Gasteiger partial charge >= 0.3 is 0 Å². The monoisotopic (exact) mass is 282 g/mol. The zero-order chi connectivity index (χ0) is 13.9. The molecule has 3 heteroatoms. The lowest BCUT2D eigenvalue weighted by molar-refractivity contribution is 0.805. The predicted octanol–water partition coefficient (Wildman–Crippen LogP) is 2.93. The summed E-state index contributed by atoms with van der Waals surface area (Å²) < 4.78 is 0. The van der Waals surface area contributed by atoms with Crippen molar-refractivity contribution in [1.82, 2.24) is 0 Å². The Hall–Kier alpha value is -1.87. The molecule has 0 amide bonds. The number of fused-ring (bicyclic) bond motifs is 1. The Morgan fingerprint density at radius 1 is 0.900 bits per heavy atom. The van der Waals surface area contributed by atoms with Crippen molar-refractivity contribution in [3.05, 3.63) is 65.2 Å². The Balaban J connectivity index is 1.89. The van der Waals surface area contributed by atoms with E-state index in [1.165, 1.54) is 11.1 Å². The minimum Gasteiger partial charge on any atom is -0.389 e. The maximum Gasteiger partial charge on any atom is 0.106 e. The summed E-state index contributed by atoms with van der Waals surface area (Å²) >= 11 is 5.17. The van der Waals surface area contributed by atoms with Gasteiger partial charge in [-0.2, -0.15) is 0 Å². The van der Waals surface area contributed by atoms with Crippen molar-refractivity contribution in [2.45, 2.75) is 12.8 Å². The van der Waals surface area contributed by atoms with Crippen LogP contribution < -0.4 is 10.6 Å². The van der Waals surface area contributed by atoms with E-state index >= 15 is 0 Å². The molecule has 2 aromatic carbocycles. The number of nitrogens with two attached hydrogens (primary N) is 1. The summed E-state index contributed by atoms with van der Waals surface area (Å²) in [6.07, 6.45) is 2.14. The highest BCUT2D eigenvalue weighted by Gasteiger charge is 2.16. The third-order valence-corrected chi connectivity index (χ3v) is 4.15. The van der Waals surface area contributed by atoms with E-state index in [9.17, 15) is 0 Å². The molecule has 0 aliphatic carbocycles. The second kappa shape index (κ2) is 5.63. The Kier molecular flexibility index (Phi) is 3.70. The molecule has 2 nitrogen and oxygen atoms in total. The molecule has 3 rings (SSSR count). The van der Waals surface area contributed by atoms with E-state index in [0.29, 0.717) is 4.99 Å². The number of anilines is 1. The highest BCUT2D eigenvalue weighted by atomic mass is 32.1. The standard InChI is InChI=1S/C17H18N2S/c18-17(20)15-7-3-4-8-16(15)19-11-9-13-5-1-2-6-14(13)10-12-19/h1-8H,9-12H2,(H2,18,20). The van der Waals surface area contributed by atoms with Gasteiger partial charge in [0.25, 0.3) is 0 Å². The summed E-state index contributed by atoms with van der Waals surface area (Å²) in [6, 6.07) is 16.9. The van der Waals surface area contributed by atoms with E-state index in [1.807, 2.05) is 12.1 Å². The molecule has 102 valence electrons. The molecule has 0 unspecified atom stereocenters. The largest absolute Gasteiger partial charge is 0.389 e. The van der Waals surface area contributed by atoms with E-state index in [0.717, 1.165) is 37.2 Å². The zero-order valence-electron chi connectivity index (χ0n) is 11.4. The molecule has 1 heterocycles. The molecule has 0 radical (unpaired) electrons. The Bertz CT molecular complexity index is 609. The fourth-order valence-corrected chi connectivity index (χ4v) is 3.04. The van der Waals surface area contributed by atoms with E-state index in [4.69, 9.17) is 18.0 Å². The molecule has 0 atom stereocenters. The van der Waals surface area contributed by atoms with Crippen molar-refractivity contribution < 1.29 is 0 Å². The van der Waals surface area contributed by atoms with Crippen LogP contribution in [0.15, 0.2) is 48.5 Å². The molecular formula is C17H18N2S. The molecule has 0 saturated heterocycles. The SMILES string of the molecule is NC(=S)c1ccccc1N1CCc2ccccc2CC1. The Labute approximate surface area is 125 Å². The average Bonchev–Trinajstić information content (AvgIpc) is 2.70. The minimum absolute atomic E-state index is 0.474. The highest BCUT2D eigenvalue weighted by Crippen LogP contribution is 2.24. The lowest BCUT2D eigenvalue weighted by Crippen LogP contribution is -2.28. The zero-order valence-corrected chi connectivity index (χ0v) is 12.2. The number of benzene rings is 2. The molecule has 2 N–H and O–H groups in total. The lowest BCUT2D eigenvalue weighted by Gasteiger charge is -2.25. The first kappa shape index (κ1) is 13.1. The summed E-state index contributed by atoms with van der Waals surface area (Å²) in [6.45, 7) is 2.02. The average molecular weight is 282 g/mol. The molecule has 1 aliphatic rings. The summed E-state index contributed by atoms with van der Waals surface area (Å²) in [4.78, 5) is 2.87. The van der Waals surface area contributed by atoms with Crippen LogP contribution in [0.5, 0.6) is 0 Å². The lowest BCUT2D eigenvalue weighted by atomic mass is 10.0. The van der Waals surface area contributed by atoms with Gasteiger partial charge in [0, 0.05) is 24.3 Å². The van der Waals surface area contributed by atoms with Crippen molar-refractivity contribution in [1.29, 1.82) is 0 Å². The molecule has 0 bridgehead atoms. The number of rotatable bonds is 2. The maximum atomic E-state index is 5.85. The van der Waals surface area contributed by atoms with Crippen molar-refractivity contribution in [3.8, 4) is 0 Å². The third kappa shape index (κ3) is 2.54. The molecular weight excluding hydrogens is 264 g/mol. The van der Waals surface area contributed by atoms with Gasteiger partial charge in [0.1, 0.15) is 4.99 Å². The Morgan fingerprint density at radius 3 is 2.05 bits per heavy atom. The summed E-state index contributed by atoms with van der Waals surface area (Å²) in [5.41, 5.74) is 10.9. The first-order valence-corrected chi connectivity index (χ1v) is 7.37. The van der Waals surface area contributed by atoms with Gasteiger partial charge in [-0.15, -0.1) is 0 Å². The number of nitrogens with zero attached hydrogens (tertiary/aromatic N) is 1. The third-order valence-electron chi connectivity index (χ3n) is 3.93. The van der Waals surface area contributed by atoms with Crippen LogP contribution in [0.25, 0.3) is 0 Å². The molecule has 0 fully saturated rings. The van der Waals surface area contributed by atoms with Crippen LogP contribution in [0.3, 0.4) is 0 Å². The summed E-state index contributed by atoms with van der Waals surface area (Å²) in [5.74, 6) is 0. The van der Waals surface area contributed by atoms with Gasteiger partial charge in [0.15, 0.2) is 0 Å². The highest BCUT2D eigenvalue weighted by molar-refractivity contribution is 7.80. The fourth-order valence-electron chi connectivity index (χ4n) is 2.87. The van der Waals surface area contributed by atoms with Crippen LogP contribution in [0.1, 0.15) is 16.7 Å². The number of hydrogen-bond donors (Lipinski definition) is 1. The van der Waals surface area contributed by atoms with Gasteiger partial charge in [0.2, 0.25) is 0 Å². The van der Waals surface area contributed by atoms with Crippen LogP contribution in [0, 0.1) is 0 Å². The smallest absolute Gasteiger partial charge is 0.106 e. The predicted molar refractivity (Wildman–Crippen MR) is 88.4 cm³/mol. The molecule has 1 aliphatic heterocycles. The first-order valence-electron chi connectivity index (χ1n) is 6.96. The number of thiocarbonyl (C=S) groups is 1. The van der Waals surface area contributed by atoms with E-state index in [1.54, 1.807) is 0 Å². The van der Waals surface area contributed by atoms with Crippen LogP contribution >= 0.6 is 12.2 Å². The topological polar surface area (TPSA) is 29.3 Å².